The van der Waals surface area contributed by atoms with Crippen molar-refractivity contribution >= 4 is 5.71 Å². The maximum absolute atomic E-state index is 4.09. The van der Waals surface area contributed by atoms with E-state index in [1.54, 1.807) is 0 Å². The molecule has 0 radical (unpaired) electrons. The van der Waals surface area contributed by atoms with E-state index in [-0.39, 0.29) is 0 Å². The van der Waals surface area contributed by atoms with Gasteiger partial charge in [0.2, 0.25) is 0 Å². The number of rotatable bonds is 0. The first-order chi connectivity index (χ1) is 3.70. The Kier molecular flexibility index (Phi) is 1.05. The smallest absolute Gasteiger partial charge is 0.0587 e. The van der Waals surface area contributed by atoms with Crippen molar-refractivity contribution in [3.05, 3.63) is 24.4 Å². The van der Waals surface area contributed by atoms with Gasteiger partial charge in [0.15, 0.2) is 0 Å². The van der Waals surface area contributed by atoms with Gasteiger partial charge in [-0.1, -0.05) is 13.2 Å². The van der Waals surface area contributed by atoms with Gasteiger partial charge in [-0.25, -0.2) is 0 Å². The van der Waals surface area contributed by atoms with Gasteiger partial charge < -0.3 is 0 Å². The van der Waals surface area contributed by atoms with Crippen LogP contribution in [0, 0.1) is 0 Å². The minimum atomic E-state index is 0.850. The topological polar surface area (TPSA) is 12.4 Å². The molecule has 0 saturated carbocycles. The third-order valence-corrected chi connectivity index (χ3v) is 1.20. The molecule has 0 aromatic carbocycles. The van der Waals surface area contributed by atoms with Crippen LogP contribution in [0.4, 0.5) is 0 Å². The van der Waals surface area contributed by atoms with Crippen LogP contribution in [0.2, 0.25) is 0 Å². The van der Waals surface area contributed by atoms with Gasteiger partial charge in [-0.2, -0.15) is 0 Å². The molecule has 42 valence electrons. The molecule has 0 aliphatic carbocycles. The highest BCUT2D eigenvalue weighted by atomic mass is 14.8. The monoisotopic (exact) mass is 107 g/mol. The molecular formula is C7H9N. The summed E-state index contributed by atoms with van der Waals surface area (Å²) in [5.74, 6) is 0. The molecular weight excluding hydrogens is 98.1 g/mol. The molecule has 0 amide bonds. The van der Waals surface area contributed by atoms with Crippen molar-refractivity contribution < 1.29 is 0 Å². The van der Waals surface area contributed by atoms with Crippen molar-refractivity contribution in [1.29, 1.82) is 0 Å². The minimum Gasteiger partial charge on any atom is -0.258 e. The molecule has 0 N–H and O–H groups in total. The van der Waals surface area contributed by atoms with Gasteiger partial charge in [-0.3, -0.25) is 4.99 Å². The largest absolute Gasteiger partial charge is 0.258 e. The fourth-order valence-electron chi connectivity index (χ4n) is 0.760. The molecule has 0 saturated heterocycles. The number of allylic oxidation sites excluding steroid dienone is 1. The summed E-state index contributed by atoms with van der Waals surface area (Å²) in [5.41, 5.74) is 3.03. The standard InChI is InChI=1S/C7H9N/c1-5-4-6(2)8-7(5)3/h1,3-4H2,2H3. The molecule has 1 heteroatoms. The van der Waals surface area contributed by atoms with Gasteiger partial charge in [-0.05, 0) is 12.5 Å². The van der Waals surface area contributed by atoms with E-state index < -0.39 is 0 Å². The van der Waals surface area contributed by atoms with Gasteiger partial charge >= 0.3 is 0 Å². The van der Waals surface area contributed by atoms with E-state index >= 15 is 0 Å². The lowest BCUT2D eigenvalue weighted by Crippen LogP contribution is -1.80. The van der Waals surface area contributed by atoms with Crippen molar-refractivity contribution in [2.45, 2.75) is 13.3 Å². The van der Waals surface area contributed by atoms with Crippen LogP contribution >= 0.6 is 0 Å². The summed E-state index contributed by atoms with van der Waals surface area (Å²) in [7, 11) is 0. The second-order valence-corrected chi connectivity index (χ2v) is 2.07. The van der Waals surface area contributed by atoms with Gasteiger partial charge in [-0.15, -0.1) is 0 Å². The highest BCUT2D eigenvalue weighted by Gasteiger charge is 2.07. The Balaban J connectivity index is 2.85. The molecule has 0 spiro atoms. The lowest BCUT2D eigenvalue weighted by Gasteiger charge is -1.86. The summed E-state index contributed by atoms with van der Waals surface area (Å²) in [4.78, 5) is 4.09. The third kappa shape index (κ3) is 0.713. The molecule has 0 atom stereocenters. The zero-order valence-electron chi connectivity index (χ0n) is 5.07. The Morgan fingerprint density at radius 1 is 1.50 bits per heavy atom. The maximum atomic E-state index is 4.09. The fraction of sp³-hybridized carbons (Fsp3) is 0.286. The SMILES string of the molecule is C=C1CC(C)=NC1=C. The quantitative estimate of drug-likeness (QED) is 0.448. The van der Waals surface area contributed by atoms with Crippen LogP contribution in [0.5, 0.6) is 0 Å². The summed E-state index contributed by atoms with van der Waals surface area (Å²) in [6.45, 7) is 9.46. The normalized spacial score (nSPS) is 19.4. The highest BCUT2D eigenvalue weighted by Crippen LogP contribution is 2.19. The molecule has 1 nitrogen and oxygen atoms in total. The molecule has 1 aliphatic heterocycles. The molecule has 0 aromatic heterocycles. The average Bonchev–Trinajstić information content (AvgIpc) is 1.85. The number of nitrogens with zero attached hydrogens (tertiary/aromatic N) is 1. The summed E-state index contributed by atoms with van der Waals surface area (Å²) < 4.78 is 0. The number of hydrogen-bond donors (Lipinski definition) is 0. The molecule has 1 rings (SSSR count). The van der Waals surface area contributed by atoms with Gasteiger partial charge in [0.25, 0.3) is 0 Å². The van der Waals surface area contributed by atoms with E-state index in [0.717, 1.165) is 23.4 Å². The van der Waals surface area contributed by atoms with Crippen LogP contribution in [-0.2, 0) is 0 Å². The van der Waals surface area contributed by atoms with Crippen molar-refractivity contribution in [3.63, 3.8) is 0 Å². The van der Waals surface area contributed by atoms with Crippen LogP contribution in [0.1, 0.15) is 13.3 Å². The van der Waals surface area contributed by atoms with Crippen molar-refractivity contribution in [2.24, 2.45) is 4.99 Å². The molecule has 1 heterocycles. The van der Waals surface area contributed by atoms with E-state index in [1.807, 2.05) is 6.92 Å². The predicted octanol–water partition coefficient (Wildman–Crippen LogP) is 1.92. The summed E-state index contributed by atoms with van der Waals surface area (Å²) in [6.07, 6.45) is 0.916. The van der Waals surface area contributed by atoms with Crippen LogP contribution in [0.3, 0.4) is 0 Å². The van der Waals surface area contributed by atoms with Crippen molar-refractivity contribution in [3.8, 4) is 0 Å². The first-order valence-corrected chi connectivity index (χ1v) is 2.61. The molecule has 0 bridgehead atoms. The van der Waals surface area contributed by atoms with Crippen molar-refractivity contribution in [1.82, 2.24) is 0 Å². The third-order valence-electron chi connectivity index (χ3n) is 1.20. The Morgan fingerprint density at radius 3 is 2.25 bits per heavy atom. The summed E-state index contributed by atoms with van der Waals surface area (Å²) >= 11 is 0. The van der Waals surface area contributed by atoms with E-state index in [1.165, 1.54) is 0 Å². The Hall–Kier alpha value is -0.850. The van der Waals surface area contributed by atoms with E-state index in [0.29, 0.717) is 0 Å². The predicted molar refractivity (Wildman–Crippen MR) is 36.0 cm³/mol. The van der Waals surface area contributed by atoms with E-state index in [9.17, 15) is 0 Å². The summed E-state index contributed by atoms with van der Waals surface area (Å²) in [6, 6.07) is 0. The zero-order chi connectivity index (χ0) is 6.15. The van der Waals surface area contributed by atoms with Gasteiger partial charge in [0, 0.05) is 12.1 Å². The summed E-state index contributed by atoms with van der Waals surface area (Å²) in [5, 5.41) is 0. The zero-order valence-corrected chi connectivity index (χ0v) is 5.07. The minimum absolute atomic E-state index is 0.850. The molecule has 0 fully saturated rings. The molecule has 1 aliphatic rings. The molecule has 0 unspecified atom stereocenters. The van der Waals surface area contributed by atoms with E-state index in [4.69, 9.17) is 0 Å². The van der Waals surface area contributed by atoms with Crippen LogP contribution in [0.25, 0.3) is 0 Å². The van der Waals surface area contributed by atoms with Crippen LogP contribution in [-0.4, -0.2) is 5.71 Å². The molecule has 0 aromatic rings. The second-order valence-electron chi connectivity index (χ2n) is 2.07. The first-order valence-electron chi connectivity index (χ1n) is 2.61. The van der Waals surface area contributed by atoms with Gasteiger partial charge in [0.1, 0.15) is 0 Å². The van der Waals surface area contributed by atoms with Crippen LogP contribution in [0.15, 0.2) is 29.4 Å². The first kappa shape index (κ1) is 5.29. The average molecular weight is 107 g/mol. The van der Waals surface area contributed by atoms with E-state index in [2.05, 4.69) is 18.2 Å². The molecule has 8 heavy (non-hydrogen) atoms. The Morgan fingerprint density at radius 2 is 2.12 bits per heavy atom. The fourth-order valence-corrected chi connectivity index (χ4v) is 0.760. The lowest BCUT2D eigenvalue weighted by atomic mass is 10.2. The number of aliphatic imine (C=N–C) groups is 1. The van der Waals surface area contributed by atoms with Gasteiger partial charge in [0.05, 0.1) is 5.70 Å². The Labute approximate surface area is 49.4 Å². The highest BCUT2D eigenvalue weighted by molar-refractivity contribution is 5.89. The van der Waals surface area contributed by atoms with Crippen LogP contribution < -0.4 is 0 Å². The number of hydrogen-bond acceptors (Lipinski definition) is 1. The maximum Gasteiger partial charge on any atom is 0.0587 e. The Bertz CT molecular complexity index is 175. The second kappa shape index (κ2) is 1.58. The van der Waals surface area contributed by atoms with Crippen molar-refractivity contribution in [2.75, 3.05) is 0 Å². The lowest BCUT2D eigenvalue weighted by molar-refractivity contribution is 1.36.